The molecule has 5 nitrogen and oxygen atoms in total. The van der Waals surface area contributed by atoms with Gasteiger partial charge in [-0.1, -0.05) is 6.92 Å². The molecule has 110 valence electrons. The molecule has 3 rings (SSSR count). The van der Waals surface area contributed by atoms with E-state index in [2.05, 4.69) is 17.0 Å². The van der Waals surface area contributed by atoms with Gasteiger partial charge >= 0.3 is 0 Å². The van der Waals surface area contributed by atoms with Gasteiger partial charge in [0, 0.05) is 24.9 Å². The summed E-state index contributed by atoms with van der Waals surface area (Å²) in [5.74, 6) is 0.128. The molecule has 0 atom stereocenters. The fourth-order valence-electron chi connectivity index (χ4n) is 2.49. The zero-order valence-corrected chi connectivity index (χ0v) is 13.9. The first kappa shape index (κ1) is 14.3. The smallest absolute Gasteiger partial charge is 0.201 e. The summed E-state index contributed by atoms with van der Waals surface area (Å²) in [7, 11) is 1.89. The molecule has 21 heavy (non-hydrogen) atoms. The van der Waals surface area contributed by atoms with Crippen molar-refractivity contribution in [2.45, 2.75) is 19.9 Å². The summed E-state index contributed by atoms with van der Waals surface area (Å²) >= 11 is 1.95. The third-order valence-electron chi connectivity index (χ3n) is 3.47. The van der Waals surface area contributed by atoms with Crippen LogP contribution in [-0.4, -0.2) is 19.3 Å². The summed E-state index contributed by atoms with van der Waals surface area (Å²) in [5.41, 5.74) is 9.51. The number of hydrogen-bond donors (Lipinski definition) is 1. The Balaban J connectivity index is 2.11. The molecule has 0 saturated heterocycles. The highest BCUT2D eigenvalue weighted by Gasteiger charge is 2.14. The summed E-state index contributed by atoms with van der Waals surface area (Å²) in [4.78, 5) is 4.32. The lowest BCUT2D eigenvalue weighted by Crippen LogP contribution is -2.05. The first-order valence-electron chi connectivity index (χ1n) is 6.61. The lowest BCUT2D eigenvalue weighted by atomic mass is 10.2. The average Bonchev–Trinajstić information content (AvgIpc) is 2.93. The molecule has 1 aromatic carbocycles. The Kier molecular flexibility index (Phi) is 3.60. The Bertz CT molecular complexity index is 820. The first-order valence-corrected chi connectivity index (χ1v) is 7.69. The molecule has 0 radical (unpaired) electrons. The fraction of sp³-hybridized carbons (Fsp3) is 0.286. The standard InChI is InChI=1S/C14H15FIN5/c1-3-11-8(6-20(2)19-11)7-21-13-4-9(15)10(16)5-12(13)18-14(21)17/h4-6H,3,7H2,1-2H3,(H2,17,18). The zero-order chi connectivity index (χ0) is 15.1. The Labute approximate surface area is 135 Å². The van der Waals surface area contributed by atoms with Crippen LogP contribution in [0.5, 0.6) is 0 Å². The van der Waals surface area contributed by atoms with Gasteiger partial charge in [0.15, 0.2) is 0 Å². The van der Waals surface area contributed by atoms with Crippen molar-refractivity contribution in [2.24, 2.45) is 7.05 Å². The van der Waals surface area contributed by atoms with E-state index in [1.54, 1.807) is 10.7 Å². The lowest BCUT2D eigenvalue weighted by Gasteiger charge is -2.06. The predicted molar refractivity (Wildman–Crippen MR) is 88.5 cm³/mol. The van der Waals surface area contributed by atoms with Gasteiger partial charge in [-0.25, -0.2) is 9.37 Å². The van der Waals surface area contributed by atoms with Crippen LogP contribution < -0.4 is 5.73 Å². The van der Waals surface area contributed by atoms with Crippen molar-refractivity contribution in [1.82, 2.24) is 19.3 Å². The topological polar surface area (TPSA) is 61.7 Å². The number of aromatic nitrogens is 4. The number of halogens is 2. The third kappa shape index (κ3) is 2.50. The maximum Gasteiger partial charge on any atom is 0.201 e. The number of nitrogen functional groups attached to an aromatic ring is 1. The van der Waals surface area contributed by atoms with E-state index < -0.39 is 0 Å². The molecule has 0 unspecified atom stereocenters. The molecule has 0 amide bonds. The highest BCUT2D eigenvalue weighted by atomic mass is 127. The van der Waals surface area contributed by atoms with Gasteiger partial charge in [0.05, 0.1) is 26.8 Å². The van der Waals surface area contributed by atoms with Crippen molar-refractivity contribution in [3.05, 3.63) is 39.0 Å². The summed E-state index contributed by atoms with van der Waals surface area (Å²) < 4.78 is 18.0. The van der Waals surface area contributed by atoms with Crippen molar-refractivity contribution in [3.8, 4) is 0 Å². The van der Waals surface area contributed by atoms with E-state index >= 15 is 0 Å². The zero-order valence-electron chi connectivity index (χ0n) is 11.8. The summed E-state index contributed by atoms with van der Waals surface area (Å²) in [5, 5.41) is 4.42. The molecule has 0 aliphatic rings. The molecular weight excluding hydrogens is 384 g/mol. The second-order valence-electron chi connectivity index (χ2n) is 4.94. The van der Waals surface area contributed by atoms with E-state index in [-0.39, 0.29) is 5.82 Å². The normalized spacial score (nSPS) is 11.4. The lowest BCUT2D eigenvalue weighted by molar-refractivity contribution is 0.621. The number of nitrogens with two attached hydrogens (primary N) is 1. The maximum atomic E-state index is 13.8. The Morgan fingerprint density at radius 1 is 1.38 bits per heavy atom. The Hall–Kier alpha value is -1.64. The van der Waals surface area contributed by atoms with Gasteiger partial charge in [-0.3, -0.25) is 4.68 Å². The Morgan fingerprint density at radius 2 is 2.14 bits per heavy atom. The number of benzene rings is 1. The van der Waals surface area contributed by atoms with Gasteiger partial charge in [0.2, 0.25) is 5.95 Å². The van der Waals surface area contributed by atoms with E-state index in [0.29, 0.717) is 27.1 Å². The van der Waals surface area contributed by atoms with Crippen LogP contribution in [0.2, 0.25) is 0 Å². The minimum Gasteiger partial charge on any atom is -0.369 e. The minimum atomic E-state index is -0.258. The fourth-order valence-corrected chi connectivity index (χ4v) is 2.94. The van der Waals surface area contributed by atoms with Crippen molar-refractivity contribution in [1.29, 1.82) is 0 Å². The predicted octanol–water partition coefficient (Wildman–Crippen LogP) is 2.71. The van der Waals surface area contributed by atoms with E-state index in [9.17, 15) is 4.39 Å². The van der Waals surface area contributed by atoms with Crippen LogP contribution in [0, 0.1) is 9.39 Å². The van der Waals surface area contributed by atoms with Crippen LogP contribution in [-0.2, 0) is 20.0 Å². The third-order valence-corrected chi connectivity index (χ3v) is 4.30. The molecule has 2 N–H and O–H groups in total. The van der Waals surface area contributed by atoms with Crippen molar-refractivity contribution in [3.63, 3.8) is 0 Å². The van der Waals surface area contributed by atoms with Gasteiger partial charge in [-0.2, -0.15) is 5.10 Å². The van der Waals surface area contributed by atoms with Crippen molar-refractivity contribution < 1.29 is 4.39 Å². The molecule has 2 aromatic heterocycles. The van der Waals surface area contributed by atoms with Crippen LogP contribution in [0.15, 0.2) is 18.3 Å². The number of aryl methyl sites for hydroxylation is 2. The second-order valence-corrected chi connectivity index (χ2v) is 6.10. The van der Waals surface area contributed by atoms with Crippen LogP contribution in [0.4, 0.5) is 10.3 Å². The van der Waals surface area contributed by atoms with Gasteiger partial charge in [0.1, 0.15) is 5.82 Å². The summed E-state index contributed by atoms with van der Waals surface area (Å²) in [6.45, 7) is 2.60. The first-order chi connectivity index (χ1) is 9.99. The minimum absolute atomic E-state index is 0.258. The van der Waals surface area contributed by atoms with E-state index in [4.69, 9.17) is 5.73 Å². The highest BCUT2D eigenvalue weighted by molar-refractivity contribution is 14.1. The molecule has 0 bridgehead atoms. The monoisotopic (exact) mass is 399 g/mol. The SMILES string of the molecule is CCc1nn(C)cc1Cn1c(N)nc2cc(I)c(F)cc21. The molecule has 0 fully saturated rings. The van der Waals surface area contributed by atoms with Crippen LogP contribution in [0.25, 0.3) is 11.0 Å². The molecule has 7 heteroatoms. The van der Waals surface area contributed by atoms with E-state index in [1.807, 2.05) is 40.4 Å². The van der Waals surface area contributed by atoms with Gasteiger partial charge in [-0.15, -0.1) is 0 Å². The van der Waals surface area contributed by atoms with Crippen molar-refractivity contribution >= 4 is 39.6 Å². The summed E-state index contributed by atoms with van der Waals surface area (Å²) in [6.07, 6.45) is 2.81. The number of anilines is 1. The maximum absolute atomic E-state index is 13.8. The number of fused-ring (bicyclic) bond motifs is 1. The number of rotatable bonds is 3. The van der Waals surface area contributed by atoms with Crippen molar-refractivity contribution in [2.75, 3.05) is 5.73 Å². The highest BCUT2D eigenvalue weighted by Crippen LogP contribution is 2.24. The largest absolute Gasteiger partial charge is 0.369 e. The molecule has 0 saturated carbocycles. The van der Waals surface area contributed by atoms with Gasteiger partial charge < -0.3 is 10.3 Å². The molecule has 2 heterocycles. The van der Waals surface area contributed by atoms with Gasteiger partial charge in [0.25, 0.3) is 0 Å². The quantitative estimate of drug-likeness (QED) is 0.689. The van der Waals surface area contributed by atoms with E-state index in [0.717, 1.165) is 17.7 Å². The number of hydrogen-bond acceptors (Lipinski definition) is 3. The molecular formula is C14H15FIN5. The second kappa shape index (κ2) is 5.28. The van der Waals surface area contributed by atoms with Crippen LogP contribution >= 0.6 is 22.6 Å². The number of imidazole rings is 1. The van der Waals surface area contributed by atoms with Crippen LogP contribution in [0.3, 0.4) is 0 Å². The molecule has 3 aromatic rings. The number of nitrogens with zero attached hydrogens (tertiary/aromatic N) is 4. The van der Waals surface area contributed by atoms with Crippen LogP contribution in [0.1, 0.15) is 18.2 Å². The molecule has 0 spiro atoms. The average molecular weight is 399 g/mol. The summed E-state index contributed by atoms with van der Waals surface area (Å²) in [6, 6.07) is 3.20. The molecule has 0 aliphatic carbocycles. The Morgan fingerprint density at radius 3 is 2.86 bits per heavy atom. The van der Waals surface area contributed by atoms with E-state index in [1.165, 1.54) is 6.07 Å². The molecule has 0 aliphatic heterocycles. The van der Waals surface area contributed by atoms with Gasteiger partial charge in [-0.05, 0) is 35.1 Å².